The summed E-state index contributed by atoms with van der Waals surface area (Å²) in [6.07, 6.45) is 5.79. The third-order valence-corrected chi connectivity index (χ3v) is 8.10. The molecule has 2 aromatic carbocycles. The van der Waals surface area contributed by atoms with Crippen molar-refractivity contribution in [1.82, 2.24) is 14.8 Å². The van der Waals surface area contributed by atoms with Crippen LogP contribution in [-0.2, 0) is 11.3 Å². The topological polar surface area (TPSA) is 116 Å². The van der Waals surface area contributed by atoms with Crippen LogP contribution in [-0.4, -0.2) is 83.4 Å². The summed E-state index contributed by atoms with van der Waals surface area (Å²) in [5, 5.41) is 15.6. The fourth-order valence-corrected chi connectivity index (χ4v) is 5.46. The maximum Gasteiger partial charge on any atom is 0.323 e. The van der Waals surface area contributed by atoms with Gasteiger partial charge in [-0.1, -0.05) is 6.92 Å². The predicted octanol–water partition coefficient (Wildman–Crippen LogP) is 5.79. The molecule has 3 amide bonds. The summed E-state index contributed by atoms with van der Waals surface area (Å²) in [4.78, 5) is 35.0. The summed E-state index contributed by atoms with van der Waals surface area (Å²) < 4.78 is 26.0. The number of hydrogen-bond donors (Lipinski definition) is 3. The number of pyridine rings is 1. The Labute approximate surface area is 270 Å². The number of ether oxygens (including phenoxy) is 2. The highest BCUT2D eigenvalue weighted by Gasteiger charge is 2.30. The molecule has 0 bridgehead atoms. The third kappa shape index (κ3) is 10.2. The maximum absolute atomic E-state index is 14.3. The lowest BCUT2D eigenvalue weighted by Crippen LogP contribution is -2.47. The van der Waals surface area contributed by atoms with Crippen LogP contribution in [0.1, 0.15) is 56.0 Å². The van der Waals surface area contributed by atoms with Gasteiger partial charge in [-0.05, 0) is 100 Å². The third-order valence-electron chi connectivity index (χ3n) is 8.10. The number of carbonyl (C=O) groups is 2. The molecule has 11 heteroatoms. The number of halogens is 1. The average molecular weight is 636 g/mol. The Kier molecular flexibility index (Phi) is 12.9. The maximum atomic E-state index is 14.3. The molecule has 248 valence electrons. The molecular weight excluding hydrogens is 589 g/mol. The molecule has 3 N–H and O–H groups in total. The van der Waals surface area contributed by atoms with Crippen molar-refractivity contribution in [2.24, 2.45) is 5.92 Å². The predicted molar refractivity (Wildman–Crippen MR) is 176 cm³/mol. The van der Waals surface area contributed by atoms with Crippen LogP contribution in [0.15, 0.2) is 67.0 Å². The van der Waals surface area contributed by atoms with Crippen molar-refractivity contribution in [3.63, 3.8) is 0 Å². The lowest BCUT2D eigenvalue weighted by molar-refractivity contribution is -0.0177. The first-order valence-electron chi connectivity index (χ1n) is 15.9. The standard InChI is InChI=1S/C35H46FN5O5/c1-24-20-41(25(2)23-42)34(43)31-19-30(39-35(44)38-29-10-8-28(36)9-11-29)12-13-32(31)46-26(3)7-5-6-18-45-33(24)22-40(4)21-27-14-16-37-17-15-27/h8-17,19,24-26,33,42H,5-7,18,20-23H2,1-4H3,(H2,38,39,44)/t24-,25+,26+,33+/m0/s1. The normalized spacial score (nSPS) is 20.3. The number of urea groups is 1. The Morgan fingerprint density at radius 3 is 2.50 bits per heavy atom. The first-order valence-corrected chi connectivity index (χ1v) is 15.9. The number of carbonyl (C=O) groups excluding carboxylic acids is 2. The van der Waals surface area contributed by atoms with Gasteiger partial charge in [0, 0.05) is 55.9 Å². The van der Waals surface area contributed by atoms with E-state index in [1.165, 1.54) is 24.3 Å². The van der Waals surface area contributed by atoms with Crippen molar-refractivity contribution in [2.45, 2.75) is 64.8 Å². The molecule has 1 aromatic heterocycles. The summed E-state index contributed by atoms with van der Waals surface area (Å²) in [5.74, 6) is -0.381. The fourth-order valence-electron chi connectivity index (χ4n) is 5.46. The molecule has 0 spiro atoms. The Morgan fingerprint density at radius 2 is 1.78 bits per heavy atom. The zero-order valence-electron chi connectivity index (χ0n) is 27.1. The molecular formula is C35H46FN5O5. The lowest BCUT2D eigenvalue weighted by Gasteiger charge is -2.36. The number of likely N-dealkylation sites (N-methyl/N-ethyl adjacent to an activating group) is 1. The number of fused-ring (bicyclic) bond motifs is 1. The number of benzene rings is 2. The van der Waals surface area contributed by atoms with Crippen LogP contribution in [0.25, 0.3) is 0 Å². The van der Waals surface area contributed by atoms with Crippen LogP contribution in [0.3, 0.4) is 0 Å². The lowest BCUT2D eigenvalue weighted by atomic mass is 10.0. The first-order chi connectivity index (χ1) is 22.1. The van der Waals surface area contributed by atoms with E-state index in [0.29, 0.717) is 36.8 Å². The smallest absolute Gasteiger partial charge is 0.323 e. The Morgan fingerprint density at radius 1 is 1.09 bits per heavy atom. The minimum Gasteiger partial charge on any atom is -0.490 e. The van der Waals surface area contributed by atoms with Crippen molar-refractivity contribution in [3.05, 3.63) is 83.9 Å². The Bertz CT molecular complexity index is 1410. The van der Waals surface area contributed by atoms with Gasteiger partial charge in [0.1, 0.15) is 11.6 Å². The molecule has 4 rings (SSSR count). The van der Waals surface area contributed by atoms with Crippen LogP contribution in [0.4, 0.5) is 20.6 Å². The molecule has 3 aromatic rings. The Hall–Kier alpha value is -4.06. The summed E-state index contributed by atoms with van der Waals surface area (Å²) in [6.45, 7) is 7.95. The van der Waals surface area contributed by atoms with Crippen molar-refractivity contribution in [2.75, 3.05) is 44.0 Å². The quantitative estimate of drug-likeness (QED) is 0.287. The van der Waals surface area contributed by atoms with E-state index in [4.69, 9.17) is 9.47 Å². The number of rotatable bonds is 8. The first kappa shape index (κ1) is 34.8. The number of hydrogen-bond acceptors (Lipinski definition) is 7. The molecule has 46 heavy (non-hydrogen) atoms. The van der Waals surface area contributed by atoms with E-state index >= 15 is 0 Å². The molecule has 1 aliphatic heterocycles. The van der Waals surface area contributed by atoms with Gasteiger partial charge in [0.15, 0.2) is 0 Å². The van der Waals surface area contributed by atoms with Crippen LogP contribution >= 0.6 is 0 Å². The number of anilines is 2. The molecule has 0 saturated carbocycles. The van der Waals surface area contributed by atoms with E-state index in [2.05, 4.69) is 34.5 Å². The van der Waals surface area contributed by atoms with Crippen LogP contribution in [0.5, 0.6) is 5.75 Å². The van der Waals surface area contributed by atoms with E-state index < -0.39 is 17.9 Å². The molecule has 10 nitrogen and oxygen atoms in total. The van der Waals surface area contributed by atoms with Crippen molar-refractivity contribution < 1.29 is 28.6 Å². The number of aliphatic hydroxyl groups is 1. The number of aliphatic hydroxyl groups excluding tert-OH is 1. The minimum atomic E-state index is -0.542. The number of aromatic nitrogens is 1. The van der Waals surface area contributed by atoms with Crippen molar-refractivity contribution in [1.29, 1.82) is 0 Å². The van der Waals surface area contributed by atoms with Crippen molar-refractivity contribution >= 4 is 23.3 Å². The van der Waals surface area contributed by atoms with Crippen LogP contribution < -0.4 is 15.4 Å². The van der Waals surface area contributed by atoms with Gasteiger partial charge >= 0.3 is 6.03 Å². The van der Waals surface area contributed by atoms with Gasteiger partial charge < -0.3 is 30.1 Å². The molecule has 4 atom stereocenters. The molecule has 2 heterocycles. The van der Waals surface area contributed by atoms with Gasteiger partial charge in [0.05, 0.1) is 30.4 Å². The van der Waals surface area contributed by atoms with Crippen molar-refractivity contribution in [3.8, 4) is 5.75 Å². The number of amides is 3. The molecule has 0 fully saturated rings. The highest BCUT2D eigenvalue weighted by molar-refractivity contribution is 6.02. The SMILES string of the molecule is C[C@@H]1CCCCO[C@H](CN(C)Cc2ccncc2)[C@@H](C)CN([C@H](C)CO)C(=O)c2cc(NC(=O)Nc3ccc(F)cc3)ccc2O1. The molecule has 1 aliphatic rings. The second-order valence-electron chi connectivity index (χ2n) is 12.1. The van der Waals surface area contributed by atoms with Gasteiger partial charge in [0.2, 0.25) is 0 Å². The van der Waals surface area contributed by atoms with E-state index in [1.807, 2.05) is 19.1 Å². The molecule has 0 saturated heterocycles. The number of nitrogens with zero attached hydrogens (tertiary/aromatic N) is 3. The monoisotopic (exact) mass is 635 g/mol. The van der Waals surface area contributed by atoms with E-state index in [9.17, 15) is 19.1 Å². The fraction of sp³-hybridized carbons (Fsp3) is 0.457. The van der Waals surface area contributed by atoms with Gasteiger partial charge in [-0.3, -0.25) is 14.7 Å². The average Bonchev–Trinajstić information content (AvgIpc) is 3.04. The highest BCUT2D eigenvalue weighted by Crippen LogP contribution is 2.29. The largest absolute Gasteiger partial charge is 0.490 e. The van der Waals surface area contributed by atoms with Gasteiger partial charge in [0.25, 0.3) is 5.91 Å². The van der Waals surface area contributed by atoms with E-state index in [0.717, 1.165) is 31.4 Å². The summed E-state index contributed by atoms with van der Waals surface area (Å²) >= 11 is 0. The minimum absolute atomic E-state index is 0.0631. The summed E-state index contributed by atoms with van der Waals surface area (Å²) in [6, 6.07) is 13.4. The van der Waals surface area contributed by atoms with Crippen LogP contribution in [0.2, 0.25) is 0 Å². The zero-order chi connectivity index (χ0) is 33.1. The second-order valence-corrected chi connectivity index (χ2v) is 12.1. The van der Waals surface area contributed by atoms with Gasteiger partial charge in [-0.25, -0.2) is 9.18 Å². The van der Waals surface area contributed by atoms with E-state index in [-0.39, 0.29) is 36.2 Å². The van der Waals surface area contributed by atoms with Crippen LogP contribution in [0, 0.1) is 11.7 Å². The Balaban J connectivity index is 1.58. The molecule has 0 radical (unpaired) electrons. The van der Waals surface area contributed by atoms with Gasteiger partial charge in [-0.2, -0.15) is 0 Å². The zero-order valence-corrected chi connectivity index (χ0v) is 27.1. The molecule has 0 aliphatic carbocycles. The molecule has 0 unspecified atom stereocenters. The number of nitrogens with one attached hydrogen (secondary N) is 2. The second kappa shape index (κ2) is 17.0. The highest BCUT2D eigenvalue weighted by atomic mass is 19.1. The van der Waals surface area contributed by atoms with Gasteiger partial charge in [-0.15, -0.1) is 0 Å². The summed E-state index contributed by atoms with van der Waals surface area (Å²) in [7, 11) is 2.05. The van der Waals surface area contributed by atoms with E-state index in [1.54, 1.807) is 42.4 Å². The summed E-state index contributed by atoms with van der Waals surface area (Å²) in [5.41, 5.74) is 2.24.